The van der Waals surface area contributed by atoms with Crippen LogP contribution in [0.5, 0.6) is 17.2 Å². The fourth-order valence-corrected chi connectivity index (χ4v) is 4.47. The van der Waals surface area contributed by atoms with Gasteiger partial charge in [-0.25, -0.2) is 9.59 Å². The topological polar surface area (TPSA) is 89.5 Å². The smallest absolute Gasteiger partial charge is 0.343 e. The number of carbonyl (C=O) groups excluding carboxylic acids is 2. The second-order valence-electron chi connectivity index (χ2n) is 10.2. The zero-order valence-corrected chi connectivity index (χ0v) is 26.2. The highest BCUT2D eigenvalue weighted by molar-refractivity contribution is 5.92. The first-order valence-corrected chi connectivity index (χ1v) is 15.4. The van der Waals surface area contributed by atoms with Crippen LogP contribution in [0.1, 0.15) is 72.1 Å². The molecule has 8 nitrogen and oxygen atoms in total. The summed E-state index contributed by atoms with van der Waals surface area (Å²) in [7, 11) is 1.54. The van der Waals surface area contributed by atoms with Gasteiger partial charge in [-0.2, -0.15) is 0 Å². The number of rotatable bonds is 22. The molecule has 0 radical (unpaired) electrons. The Balaban J connectivity index is 1.44. The monoisotopic (exact) mass is 616 g/mol. The van der Waals surface area contributed by atoms with Crippen molar-refractivity contribution >= 4 is 11.9 Å². The lowest BCUT2D eigenvalue weighted by Crippen LogP contribution is -2.09. The zero-order valence-electron chi connectivity index (χ0n) is 26.2. The van der Waals surface area contributed by atoms with Crippen LogP contribution in [0.15, 0.2) is 92.4 Å². The van der Waals surface area contributed by atoms with E-state index in [-0.39, 0.29) is 5.97 Å². The maximum Gasteiger partial charge on any atom is 0.343 e. The van der Waals surface area contributed by atoms with E-state index < -0.39 is 5.97 Å². The highest BCUT2D eigenvalue weighted by Gasteiger charge is 2.14. The molecule has 45 heavy (non-hydrogen) atoms. The minimum absolute atomic E-state index is 0.337. The van der Waals surface area contributed by atoms with Crippen LogP contribution in [0, 0.1) is 0 Å². The molecule has 0 amide bonds. The van der Waals surface area contributed by atoms with Gasteiger partial charge in [0.15, 0.2) is 11.5 Å². The number of esters is 2. The lowest BCUT2D eigenvalue weighted by Gasteiger charge is -2.12. The van der Waals surface area contributed by atoms with Gasteiger partial charge in [0.2, 0.25) is 0 Å². The summed E-state index contributed by atoms with van der Waals surface area (Å²) in [5.74, 6) is 0.622. The molecule has 3 aromatic carbocycles. The predicted molar refractivity (Wildman–Crippen MR) is 175 cm³/mol. The molecule has 0 N–H and O–H groups in total. The first-order chi connectivity index (χ1) is 22.0. The largest absolute Gasteiger partial charge is 0.502 e. The van der Waals surface area contributed by atoms with Crippen molar-refractivity contribution in [2.75, 3.05) is 33.5 Å². The van der Waals surface area contributed by atoms with Crippen molar-refractivity contribution in [3.8, 4) is 28.4 Å². The summed E-state index contributed by atoms with van der Waals surface area (Å²) in [6, 6.07) is 19.4. The van der Waals surface area contributed by atoms with Crippen LogP contribution < -0.4 is 14.2 Å². The van der Waals surface area contributed by atoms with Crippen molar-refractivity contribution in [3.63, 3.8) is 0 Å². The molecular formula is C37H44O8. The van der Waals surface area contributed by atoms with E-state index in [0.717, 1.165) is 62.5 Å². The third kappa shape index (κ3) is 12.4. The Bertz CT molecular complexity index is 1330. The van der Waals surface area contributed by atoms with Crippen LogP contribution in [0.2, 0.25) is 0 Å². The van der Waals surface area contributed by atoms with Gasteiger partial charge in [-0.15, -0.1) is 0 Å². The molecule has 0 aliphatic heterocycles. The van der Waals surface area contributed by atoms with Crippen LogP contribution in [-0.2, 0) is 14.2 Å². The number of unbranched alkanes of at least 4 members (excludes halogenated alkanes) is 6. The number of methoxy groups -OCH3 is 1. The van der Waals surface area contributed by atoms with E-state index in [1.165, 1.54) is 19.6 Å². The van der Waals surface area contributed by atoms with Gasteiger partial charge in [-0.05, 0) is 105 Å². The molecule has 3 aromatic rings. The number of ether oxygens (including phenoxy) is 6. The number of benzene rings is 3. The highest BCUT2D eigenvalue weighted by atomic mass is 16.5. The van der Waals surface area contributed by atoms with E-state index in [1.54, 1.807) is 42.5 Å². The average molecular weight is 617 g/mol. The summed E-state index contributed by atoms with van der Waals surface area (Å²) < 4.78 is 32.5. The molecule has 0 heterocycles. The van der Waals surface area contributed by atoms with Crippen molar-refractivity contribution in [2.24, 2.45) is 0 Å². The summed E-state index contributed by atoms with van der Waals surface area (Å²) >= 11 is 0. The Kier molecular flexibility index (Phi) is 15.7. The summed E-state index contributed by atoms with van der Waals surface area (Å²) in [5.41, 5.74) is 2.70. The lowest BCUT2D eigenvalue weighted by atomic mass is 10.0. The third-order valence-electron chi connectivity index (χ3n) is 6.96. The number of carbonyl (C=O) groups is 2. The van der Waals surface area contributed by atoms with Crippen LogP contribution in [0.25, 0.3) is 11.1 Å². The minimum atomic E-state index is -0.501. The van der Waals surface area contributed by atoms with Crippen LogP contribution >= 0.6 is 0 Å². The molecule has 0 saturated carbocycles. The maximum absolute atomic E-state index is 12.8. The van der Waals surface area contributed by atoms with Crippen molar-refractivity contribution in [1.29, 1.82) is 0 Å². The zero-order chi connectivity index (χ0) is 32.1. The SMILES string of the molecule is C=COCCCCCCOC(=O)c1ccc(-c2ccc(OC(=O)c3ccc(OCCCCCCOC=C)c(OC)c3)cc2)cc1. The van der Waals surface area contributed by atoms with Gasteiger partial charge in [-0.1, -0.05) is 37.4 Å². The van der Waals surface area contributed by atoms with Gasteiger partial charge < -0.3 is 28.4 Å². The average Bonchev–Trinajstić information content (AvgIpc) is 3.07. The van der Waals surface area contributed by atoms with Crippen molar-refractivity contribution in [1.82, 2.24) is 0 Å². The number of hydrogen-bond donors (Lipinski definition) is 0. The van der Waals surface area contributed by atoms with Gasteiger partial charge in [0.1, 0.15) is 5.75 Å². The minimum Gasteiger partial charge on any atom is -0.502 e. The molecule has 3 rings (SSSR count). The summed E-state index contributed by atoms with van der Waals surface area (Å²) in [6.07, 6.45) is 10.6. The Morgan fingerprint density at radius 2 is 1.13 bits per heavy atom. The Morgan fingerprint density at radius 3 is 1.71 bits per heavy atom. The molecule has 0 fully saturated rings. The molecule has 0 atom stereocenters. The van der Waals surface area contributed by atoms with Gasteiger partial charge in [0.25, 0.3) is 0 Å². The molecule has 0 aliphatic rings. The van der Waals surface area contributed by atoms with Crippen LogP contribution in [0.4, 0.5) is 0 Å². The van der Waals surface area contributed by atoms with Crippen molar-refractivity contribution in [3.05, 3.63) is 104 Å². The van der Waals surface area contributed by atoms with Crippen LogP contribution in [0.3, 0.4) is 0 Å². The van der Waals surface area contributed by atoms with E-state index in [4.69, 9.17) is 28.4 Å². The normalized spacial score (nSPS) is 10.4. The van der Waals surface area contributed by atoms with E-state index in [2.05, 4.69) is 13.2 Å². The third-order valence-corrected chi connectivity index (χ3v) is 6.96. The fraction of sp³-hybridized carbons (Fsp3) is 0.351. The Morgan fingerprint density at radius 1 is 0.600 bits per heavy atom. The standard InChI is InChI=1S/C37H44O8/c1-4-41-24-10-6-8-12-26-43-34-23-20-32(28-35(34)40-3)37(39)45-33-21-18-30(19-22-33)29-14-16-31(17-15-29)36(38)44-27-13-9-7-11-25-42-5-2/h4-5,14-23,28H,1-2,6-13,24-27H2,3H3. The summed E-state index contributed by atoms with van der Waals surface area (Å²) in [5, 5.41) is 0. The molecule has 0 aliphatic carbocycles. The highest BCUT2D eigenvalue weighted by Crippen LogP contribution is 2.29. The molecule has 8 heteroatoms. The van der Waals surface area contributed by atoms with Gasteiger partial charge >= 0.3 is 11.9 Å². The number of hydrogen-bond acceptors (Lipinski definition) is 8. The van der Waals surface area contributed by atoms with E-state index >= 15 is 0 Å². The van der Waals surface area contributed by atoms with Crippen molar-refractivity contribution < 1.29 is 38.0 Å². The van der Waals surface area contributed by atoms with E-state index in [0.29, 0.717) is 54.8 Å². The maximum atomic E-state index is 12.8. The molecule has 240 valence electrons. The summed E-state index contributed by atoms with van der Waals surface area (Å²) in [4.78, 5) is 25.2. The van der Waals surface area contributed by atoms with Gasteiger partial charge in [-0.3, -0.25) is 0 Å². The van der Waals surface area contributed by atoms with Gasteiger partial charge in [0.05, 0.1) is 57.2 Å². The van der Waals surface area contributed by atoms with Gasteiger partial charge in [0, 0.05) is 0 Å². The molecule has 0 saturated heterocycles. The fourth-order valence-electron chi connectivity index (χ4n) is 4.47. The van der Waals surface area contributed by atoms with E-state index in [9.17, 15) is 9.59 Å². The Labute approximate surface area is 266 Å². The van der Waals surface area contributed by atoms with Crippen molar-refractivity contribution in [2.45, 2.75) is 51.4 Å². The quantitative estimate of drug-likeness (QED) is 0.0480. The first-order valence-electron chi connectivity index (χ1n) is 15.4. The van der Waals surface area contributed by atoms with Crippen LogP contribution in [-0.4, -0.2) is 45.5 Å². The Hall–Kier alpha value is -4.72. The molecule has 0 unspecified atom stereocenters. The second kappa shape index (κ2) is 20.3. The molecular weight excluding hydrogens is 572 g/mol. The summed E-state index contributed by atoms with van der Waals surface area (Å²) in [6.45, 7) is 9.34. The molecule has 0 aromatic heterocycles. The second-order valence-corrected chi connectivity index (χ2v) is 10.2. The lowest BCUT2D eigenvalue weighted by molar-refractivity contribution is 0.0497. The predicted octanol–water partition coefficient (Wildman–Crippen LogP) is 8.56. The molecule has 0 bridgehead atoms. The molecule has 0 spiro atoms. The van der Waals surface area contributed by atoms with E-state index in [1.807, 2.05) is 24.3 Å². The first kappa shape index (κ1) is 34.8.